The summed E-state index contributed by atoms with van der Waals surface area (Å²) < 4.78 is 6.82. The van der Waals surface area contributed by atoms with Crippen LogP contribution in [0.25, 0.3) is 0 Å². The molecule has 2 unspecified atom stereocenters. The molecule has 6 nitrogen and oxygen atoms in total. The van der Waals surface area contributed by atoms with E-state index < -0.39 is 5.97 Å². The van der Waals surface area contributed by atoms with Crippen LogP contribution in [0.4, 0.5) is 5.69 Å². The van der Waals surface area contributed by atoms with Gasteiger partial charge in [-0.1, -0.05) is 6.07 Å². The predicted octanol–water partition coefficient (Wildman–Crippen LogP) is 2.74. The summed E-state index contributed by atoms with van der Waals surface area (Å²) in [5, 5.41) is 9.71. The van der Waals surface area contributed by atoms with E-state index in [4.69, 9.17) is 4.74 Å². The van der Waals surface area contributed by atoms with Gasteiger partial charge in [-0.05, 0) is 49.3 Å². The normalized spacial score (nSPS) is 20.6. The monoisotopic (exact) mass is 350 g/mol. The Kier molecular flexibility index (Phi) is 4.15. The van der Waals surface area contributed by atoms with Crippen LogP contribution in [0.15, 0.2) is 24.7 Å². The van der Waals surface area contributed by atoms with Crippen molar-refractivity contribution in [3.8, 4) is 6.07 Å². The van der Waals surface area contributed by atoms with E-state index in [1.807, 2.05) is 11.5 Å². The first kappa shape index (κ1) is 16.6. The molecule has 0 spiro atoms. The standard InChI is InChI=1S/C20H22N4O2/c1-3-26-20(25)18-11-23(12-22-18)8-14-4-5-19(17(7-21)13(14)2)24-9-15-6-16(15)10-24/h4-5,11-12,15-16H,3,6,8-10H2,1-2H3. The number of imidazole rings is 1. The Labute approximate surface area is 153 Å². The van der Waals surface area contributed by atoms with Gasteiger partial charge in [-0.3, -0.25) is 0 Å². The van der Waals surface area contributed by atoms with E-state index in [0.29, 0.717) is 18.8 Å². The van der Waals surface area contributed by atoms with Gasteiger partial charge in [0.2, 0.25) is 0 Å². The van der Waals surface area contributed by atoms with E-state index >= 15 is 0 Å². The summed E-state index contributed by atoms with van der Waals surface area (Å²) in [5.41, 5.74) is 4.17. The molecule has 0 N–H and O–H groups in total. The average molecular weight is 350 g/mol. The Hall–Kier alpha value is -2.81. The van der Waals surface area contributed by atoms with Crippen molar-refractivity contribution in [1.82, 2.24) is 9.55 Å². The van der Waals surface area contributed by atoms with Crippen LogP contribution in [-0.4, -0.2) is 35.2 Å². The molecule has 1 aromatic carbocycles. The number of aromatic nitrogens is 2. The molecule has 0 bridgehead atoms. The quantitative estimate of drug-likeness (QED) is 0.776. The topological polar surface area (TPSA) is 71.2 Å². The van der Waals surface area contributed by atoms with E-state index in [0.717, 1.165) is 47.3 Å². The third-order valence-corrected chi connectivity index (χ3v) is 5.46. The lowest BCUT2D eigenvalue weighted by Crippen LogP contribution is -2.23. The summed E-state index contributed by atoms with van der Waals surface area (Å²) in [6.45, 7) is 6.81. The maximum Gasteiger partial charge on any atom is 0.358 e. The fourth-order valence-electron chi connectivity index (χ4n) is 3.87. The molecule has 6 heteroatoms. The Balaban J connectivity index is 1.56. The minimum absolute atomic E-state index is 0.304. The Bertz CT molecular complexity index is 886. The van der Waals surface area contributed by atoms with Gasteiger partial charge < -0.3 is 14.2 Å². The molecule has 134 valence electrons. The fraction of sp³-hybridized carbons (Fsp3) is 0.450. The number of ether oxygens (including phenoxy) is 1. The fourth-order valence-corrected chi connectivity index (χ4v) is 3.87. The minimum Gasteiger partial charge on any atom is -0.461 e. The van der Waals surface area contributed by atoms with Gasteiger partial charge >= 0.3 is 5.97 Å². The number of anilines is 1. The molecule has 1 saturated heterocycles. The van der Waals surface area contributed by atoms with Gasteiger partial charge in [-0.2, -0.15) is 5.26 Å². The largest absolute Gasteiger partial charge is 0.461 e. The van der Waals surface area contributed by atoms with Crippen LogP contribution in [0.2, 0.25) is 0 Å². The third kappa shape index (κ3) is 2.94. The molecule has 1 aromatic heterocycles. The van der Waals surface area contributed by atoms with E-state index in [1.54, 1.807) is 19.4 Å². The minimum atomic E-state index is -0.413. The van der Waals surface area contributed by atoms with Gasteiger partial charge in [0.1, 0.15) is 6.07 Å². The summed E-state index contributed by atoms with van der Waals surface area (Å²) in [5.74, 6) is 1.24. The van der Waals surface area contributed by atoms with E-state index in [1.165, 1.54) is 6.42 Å². The van der Waals surface area contributed by atoms with Crippen LogP contribution in [0.5, 0.6) is 0 Å². The highest BCUT2D eigenvalue weighted by Crippen LogP contribution is 2.47. The highest BCUT2D eigenvalue weighted by atomic mass is 16.5. The molecule has 4 rings (SSSR count). The van der Waals surface area contributed by atoms with Gasteiger partial charge in [-0.15, -0.1) is 0 Å². The SMILES string of the molecule is CCOC(=O)c1cn(Cc2ccc(N3CC4CC4C3)c(C#N)c2C)cn1. The molecule has 2 fully saturated rings. The first-order chi connectivity index (χ1) is 12.6. The third-order valence-electron chi connectivity index (χ3n) is 5.46. The van der Waals surface area contributed by atoms with Crippen molar-refractivity contribution in [2.45, 2.75) is 26.8 Å². The van der Waals surface area contributed by atoms with Crippen molar-refractivity contribution in [3.63, 3.8) is 0 Å². The number of esters is 1. The van der Waals surface area contributed by atoms with E-state index in [-0.39, 0.29) is 0 Å². The molecular formula is C20H22N4O2. The lowest BCUT2D eigenvalue weighted by molar-refractivity contribution is 0.0520. The van der Waals surface area contributed by atoms with Crippen molar-refractivity contribution in [2.75, 3.05) is 24.6 Å². The van der Waals surface area contributed by atoms with Crippen LogP contribution < -0.4 is 4.90 Å². The van der Waals surface area contributed by atoms with Crippen LogP contribution >= 0.6 is 0 Å². The van der Waals surface area contributed by atoms with Crippen molar-refractivity contribution in [2.24, 2.45) is 11.8 Å². The summed E-state index contributed by atoms with van der Waals surface area (Å²) in [7, 11) is 0. The van der Waals surface area contributed by atoms with Crippen molar-refractivity contribution < 1.29 is 9.53 Å². The molecule has 2 atom stereocenters. The zero-order valence-corrected chi connectivity index (χ0v) is 15.1. The number of fused-ring (bicyclic) bond motifs is 1. The smallest absolute Gasteiger partial charge is 0.358 e. The maximum atomic E-state index is 11.8. The van der Waals surface area contributed by atoms with Crippen LogP contribution in [-0.2, 0) is 11.3 Å². The summed E-state index contributed by atoms with van der Waals surface area (Å²) >= 11 is 0. The molecule has 0 amide bonds. The Morgan fingerprint density at radius 3 is 2.85 bits per heavy atom. The number of rotatable bonds is 5. The van der Waals surface area contributed by atoms with Crippen LogP contribution in [0.1, 0.15) is 40.5 Å². The molecule has 2 aromatic rings. The highest BCUT2D eigenvalue weighted by molar-refractivity contribution is 5.86. The molecule has 2 aliphatic rings. The molecule has 26 heavy (non-hydrogen) atoms. The highest BCUT2D eigenvalue weighted by Gasteiger charge is 2.45. The number of carbonyl (C=O) groups excluding carboxylic acids is 1. The lowest BCUT2D eigenvalue weighted by atomic mass is 10.00. The Morgan fingerprint density at radius 1 is 1.38 bits per heavy atom. The van der Waals surface area contributed by atoms with E-state index in [2.05, 4.69) is 28.1 Å². The van der Waals surface area contributed by atoms with Crippen molar-refractivity contribution >= 4 is 11.7 Å². The van der Waals surface area contributed by atoms with Gasteiger partial charge in [-0.25, -0.2) is 9.78 Å². The molecule has 0 radical (unpaired) electrons. The average Bonchev–Trinajstić information content (AvgIpc) is 3.04. The second-order valence-corrected chi connectivity index (χ2v) is 7.17. The lowest BCUT2D eigenvalue weighted by Gasteiger charge is -2.23. The first-order valence-electron chi connectivity index (χ1n) is 9.07. The maximum absolute atomic E-state index is 11.8. The second-order valence-electron chi connectivity index (χ2n) is 7.17. The summed E-state index contributed by atoms with van der Waals surface area (Å²) in [6.07, 6.45) is 4.66. The number of hydrogen-bond acceptors (Lipinski definition) is 5. The summed E-state index contributed by atoms with van der Waals surface area (Å²) in [6, 6.07) is 6.54. The van der Waals surface area contributed by atoms with Crippen molar-refractivity contribution in [1.29, 1.82) is 5.26 Å². The Morgan fingerprint density at radius 2 is 2.15 bits per heavy atom. The predicted molar refractivity (Wildman–Crippen MR) is 97.0 cm³/mol. The zero-order chi connectivity index (χ0) is 18.3. The van der Waals surface area contributed by atoms with Crippen LogP contribution in [0.3, 0.4) is 0 Å². The summed E-state index contributed by atoms with van der Waals surface area (Å²) in [4.78, 5) is 18.2. The number of hydrogen-bond donors (Lipinski definition) is 0. The molecule has 2 heterocycles. The molecule has 1 saturated carbocycles. The van der Waals surface area contributed by atoms with E-state index in [9.17, 15) is 10.1 Å². The number of nitrogens with zero attached hydrogens (tertiary/aromatic N) is 4. The number of nitriles is 1. The zero-order valence-electron chi connectivity index (χ0n) is 15.1. The number of carbonyl (C=O) groups is 1. The first-order valence-corrected chi connectivity index (χ1v) is 9.07. The second kappa shape index (κ2) is 6.49. The van der Waals surface area contributed by atoms with Gasteiger partial charge in [0, 0.05) is 25.8 Å². The van der Waals surface area contributed by atoms with Crippen LogP contribution in [0, 0.1) is 30.1 Å². The molecular weight excluding hydrogens is 328 g/mol. The van der Waals surface area contributed by atoms with Gasteiger partial charge in [0.05, 0.1) is 24.2 Å². The van der Waals surface area contributed by atoms with Crippen molar-refractivity contribution in [3.05, 3.63) is 47.0 Å². The number of piperidine rings is 1. The molecule has 1 aliphatic carbocycles. The van der Waals surface area contributed by atoms with Gasteiger partial charge in [0.15, 0.2) is 5.69 Å². The molecule has 1 aliphatic heterocycles. The van der Waals surface area contributed by atoms with Gasteiger partial charge in [0.25, 0.3) is 0 Å². The number of benzene rings is 1.